The minimum Gasteiger partial charge on any atom is -0.490 e. The van der Waals surface area contributed by atoms with E-state index in [1.165, 1.54) is 11.1 Å². The van der Waals surface area contributed by atoms with Gasteiger partial charge in [-0.3, -0.25) is 9.98 Å². The molecule has 7 heteroatoms. The van der Waals surface area contributed by atoms with Crippen LogP contribution in [0.25, 0.3) is 0 Å². The minimum atomic E-state index is 0. The number of guanidine groups is 1. The number of pyridine rings is 1. The second-order valence-electron chi connectivity index (χ2n) is 6.20. The lowest BCUT2D eigenvalue weighted by Crippen LogP contribution is -2.38. The second kappa shape index (κ2) is 14.9. The number of ether oxygens (including phenoxy) is 2. The van der Waals surface area contributed by atoms with Gasteiger partial charge in [0, 0.05) is 32.0 Å². The summed E-state index contributed by atoms with van der Waals surface area (Å²) in [5, 5.41) is 6.67. The molecule has 0 atom stereocenters. The Morgan fingerprint density at radius 2 is 1.76 bits per heavy atom. The Balaban J connectivity index is 0.00000420. The zero-order valence-electron chi connectivity index (χ0n) is 17.6. The molecule has 2 aromatic rings. The number of nitrogens with one attached hydrogen (secondary N) is 2. The number of hydrogen-bond donors (Lipinski definition) is 2. The first kappa shape index (κ1) is 25.0. The van der Waals surface area contributed by atoms with Gasteiger partial charge >= 0.3 is 0 Å². The molecule has 0 spiro atoms. The average molecular weight is 512 g/mol. The number of hydrogen-bond acceptors (Lipinski definition) is 4. The fourth-order valence-corrected chi connectivity index (χ4v) is 2.76. The van der Waals surface area contributed by atoms with E-state index >= 15 is 0 Å². The van der Waals surface area contributed by atoms with Crippen LogP contribution in [0.5, 0.6) is 11.5 Å². The van der Waals surface area contributed by atoms with E-state index < -0.39 is 0 Å². The van der Waals surface area contributed by atoms with Gasteiger partial charge in [-0.25, -0.2) is 0 Å². The number of benzene rings is 1. The Morgan fingerprint density at radius 1 is 0.966 bits per heavy atom. The fourth-order valence-electron chi connectivity index (χ4n) is 2.76. The predicted octanol–water partition coefficient (Wildman–Crippen LogP) is 3.84. The van der Waals surface area contributed by atoms with Gasteiger partial charge in [0.25, 0.3) is 0 Å². The van der Waals surface area contributed by atoms with Gasteiger partial charge in [0.1, 0.15) is 0 Å². The topological polar surface area (TPSA) is 67.8 Å². The highest BCUT2D eigenvalue weighted by Crippen LogP contribution is 2.28. The molecule has 2 rings (SSSR count). The van der Waals surface area contributed by atoms with Crippen LogP contribution in [-0.4, -0.2) is 43.8 Å². The van der Waals surface area contributed by atoms with Gasteiger partial charge in [-0.15, -0.1) is 24.0 Å². The van der Waals surface area contributed by atoms with E-state index in [9.17, 15) is 0 Å². The van der Waals surface area contributed by atoms with Crippen molar-refractivity contribution in [1.29, 1.82) is 0 Å². The van der Waals surface area contributed by atoms with Crippen LogP contribution >= 0.6 is 24.0 Å². The summed E-state index contributed by atoms with van der Waals surface area (Å²) in [5.41, 5.74) is 2.39. The molecular weight excluding hydrogens is 479 g/mol. The monoisotopic (exact) mass is 512 g/mol. The van der Waals surface area contributed by atoms with Gasteiger partial charge in [0.15, 0.2) is 17.5 Å². The van der Waals surface area contributed by atoms with Crippen molar-refractivity contribution in [1.82, 2.24) is 15.6 Å². The molecule has 0 aliphatic rings. The van der Waals surface area contributed by atoms with Crippen molar-refractivity contribution in [3.8, 4) is 11.5 Å². The molecule has 0 amide bonds. The lowest BCUT2D eigenvalue weighted by Gasteiger charge is -2.13. The third kappa shape index (κ3) is 9.34. The molecule has 0 aliphatic heterocycles. The van der Waals surface area contributed by atoms with Crippen molar-refractivity contribution in [2.24, 2.45) is 4.99 Å². The maximum Gasteiger partial charge on any atom is 0.191 e. The van der Waals surface area contributed by atoms with E-state index in [-0.39, 0.29) is 24.0 Å². The van der Waals surface area contributed by atoms with E-state index in [0.717, 1.165) is 43.4 Å². The number of rotatable bonds is 11. The molecule has 0 saturated carbocycles. The molecule has 0 fully saturated rings. The van der Waals surface area contributed by atoms with E-state index in [2.05, 4.69) is 39.7 Å². The Kier molecular flexibility index (Phi) is 12.8. The van der Waals surface area contributed by atoms with Crippen LogP contribution in [0.4, 0.5) is 0 Å². The first-order chi connectivity index (χ1) is 13.8. The summed E-state index contributed by atoms with van der Waals surface area (Å²) in [6, 6.07) is 10.1. The van der Waals surface area contributed by atoms with Crippen molar-refractivity contribution in [2.75, 3.05) is 32.8 Å². The molecule has 2 N–H and O–H groups in total. The van der Waals surface area contributed by atoms with Gasteiger partial charge in [-0.05, 0) is 62.9 Å². The number of aromatic nitrogens is 1. The molecule has 1 heterocycles. The van der Waals surface area contributed by atoms with Gasteiger partial charge in [0.2, 0.25) is 0 Å². The smallest absolute Gasteiger partial charge is 0.191 e. The third-order valence-electron chi connectivity index (χ3n) is 4.05. The second-order valence-corrected chi connectivity index (χ2v) is 6.20. The molecule has 0 unspecified atom stereocenters. The van der Waals surface area contributed by atoms with Crippen LogP contribution in [0.1, 0.15) is 31.9 Å². The number of nitrogens with zero attached hydrogens (tertiary/aromatic N) is 2. The summed E-state index contributed by atoms with van der Waals surface area (Å²) in [6.07, 6.45) is 5.44. The highest BCUT2D eigenvalue weighted by Gasteiger charge is 2.06. The fraction of sp³-hybridized carbons (Fsp3) is 0.455. The van der Waals surface area contributed by atoms with Crippen molar-refractivity contribution in [3.05, 3.63) is 53.9 Å². The Morgan fingerprint density at radius 3 is 2.45 bits per heavy atom. The van der Waals surface area contributed by atoms with Crippen LogP contribution in [0.2, 0.25) is 0 Å². The van der Waals surface area contributed by atoms with E-state index in [4.69, 9.17) is 9.47 Å². The standard InChI is InChI=1S/C22H32N4O2.HI/c1-4-24-22(26-15-12-19-8-7-13-23-17-19)25-14-11-18-9-10-20(27-5-2)21(16-18)28-6-3;/h7-10,13,16-17H,4-6,11-12,14-15H2,1-3H3,(H2,24,25,26);1H. The zero-order chi connectivity index (χ0) is 20.0. The summed E-state index contributed by atoms with van der Waals surface area (Å²) < 4.78 is 11.3. The molecule has 29 heavy (non-hydrogen) atoms. The summed E-state index contributed by atoms with van der Waals surface area (Å²) in [4.78, 5) is 8.83. The molecule has 0 bridgehead atoms. The quantitative estimate of drug-likeness (QED) is 0.272. The van der Waals surface area contributed by atoms with Crippen LogP contribution in [0, 0.1) is 0 Å². The summed E-state index contributed by atoms with van der Waals surface area (Å²) >= 11 is 0. The van der Waals surface area contributed by atoms with Gasteiger partial charge in [0.05, 0.1) is 13.2 Å². The van der Waals surface area contributed by atoms with Crippen LogP contribution in [0.15, 0.2) is 47.7 Å². The summed E-state index contributed by atoms with van der Waals surface area (Å²) in [5.74, 6) is 2.43. The average Bonchev–Trinajstić information content (AvgIpc) is 2.71. The van der Waals surface area contributed by atoms with Crippen LogP contribution in [0.3, 0.4) is 0 Å². The lowest BCUT2D eigenvalue weighted by molar-refractivity contribution is 0.287. The molecule has 160 valence electrons. The molecule has 6 nitrogen and oxygen atoms in total. The normalized spacial score (nSPS) is 10.8. The first-order valence-corrected chi connectivity index (χ1v) is 10.1. The third-order valence-corrected chi connectivity index (χ3v) is 4.05. The Labute approximate surface area is 191 Å². The SMILES string of the molecule is CCNC(=NCCc1ccc(OCC)c(OCC)c1)NCCc1cccnc1.I. The van der Waals surface area contributed by atoms with Gasteiger partial charge in [-0.2, -0.15) is 0 Å². The van der Waals surface area contributed by atoms with E-state index in [1.807, 2.05) is 38.2 Å². The predicted molar refractivity (Wildman–Crippen MR) is 130 cm³/mol. The molecule has 0 radical (unpaired) electrons. The highest BCUT2D eigenvalue weighted by atomic mass is 127. The highest BCUT2D eigenvalue weighted by molar-refractivity contribution is 14.0. The summed E-state index contributed by atoms with van der Waals surface area (Å²) in [6.45, 7) is 9.61. The number of halogens is 1. The maximum atomic E-state index is 5.70. The van der Waals surface area contributed by atoms with Crippen molar-refractivity contribution in [2.45, 2.75) is 33.6 Å². The van der Waals surface area contributed by atoms with Crippen molar-refractivity contribution < 1.29 is 9.47 Å². The van der Waals surface area contributed by atoms with E-state index in [1.54, 1.807) is 6.20 Å². The van der Waals surface area contributed by atoms with E-state index in [0.29, 0.717) is 19.8 Å². The minimum absolute atomic E-state index is 0. The molecule has 1 aromatic carbocycles. The summed E-state index contributed by atoms with van der Waals surface area (Å²) in [7, 11) is 0. The van der Waals surface area contributed by atoms with Crippen molar-refractivity contribution >= 4 is 29.9 Å². The largest absolute Gasteiger partial charge is 0.490 e. The molecular formula is C22H33IN4O2. The Hall–Kier alpha value is -2.03. The van der Waals surface area contributed by atoms with Crippen molar-refractivity contribution in [3.63, 3.8) is 0 Å². The maximum absolute atomic E-state index is 5.70. The number of aliphatic imine (C=N–C) groups is 1. The molecule has 0 saturated heterocycles. The first-order valence-electron chi connectivity index (χ1n) is 10.1. The van der Waals surface area contributed by atoms with Gasteiger partial charge in [-0.1, -0.05) is 12.1 Å². The van der Waals surface area contributed by atoms with Crippen LogP contribution in [-0.2, 0) is 12.8 Å². The lowest BCUT2D eigenvalue weighted by atomic mass is 10.1. The molecule has 0 aliphatic carbocycles. The zero-order valence-corrected chi connectivity index (χ0v) is 19.9. The van der Waals surface area contributed by atoms with Crippen LogP contribution < -0.4 is 20.1 Å². The Bertz CT molecular complexity index is 726. The van der Waals surface area contributed by atoms with Gasteiger partial charge < -0.3 is 20.1 Å². The molecule has 1 aromatic heterocycles.